The Hall–Kier alpha value is -3.49. The van der Waals surface area contributed by atoms with E-state index in [0.29, 0.717) is 11.3 Å². The van der Waals surface area contributed by atoms with Crippen LogP contribution in [0.3, 0.4) is 0 Å². The Bertz CT molecular complexity index is 847. The first-order valence-electron chi connectivity index (χ1n) is 7.90. The van der Waals surface area contributed by atoms with Gasteiger partial charge in [-0.05, 0) is 36.4 Å². The second-order valence-electron chi connectivity index (χ2n) is 5.30. The predicted molar refractivity (Wildman–Crippen MR) is 94.7 cm³/mol. The highest BCUT2D eigenvalue weighted by molar-refractivity contribution is 5.94. The number of rotatable bonds is 7. The maximum Gasteiger partial charge on any atom is 0.573 e. The molecule has 0 aromatic heterocycles. The molecule has 2 aromatic rings. The summed E-state index contributed by atoms with van der Waals surface area (Å²) >= 11 is 0. The third-order valence-corrected chi connectivity index (χ3v) is 3.26. The van der Waals surface area contributed by atoms with Crippen LogP contribution in [0.25, 0.3) is 6.08 Å². The number of halogens is 3. The molecule has 0 aliphatic rings. The van der Waals surface area contributed by atoms with E-state index >= 15 is 0 Å². The molecule has 1 N–H and O–H groups in total. The van der Waals surface area contributed by atoms with Crippen molar-refractivity contribution >= 4 is 23.6 Å². The Labute approximate surface area is 158 Å². The summed E-state index contributed by atoms with van der Waals surface area (Å²) in [5, 5.41) is 2.38. The van der Waals surface area contributed by atoms with Gasteiger partial charge in [0.15, 0.2) is 6.61 Å². The number of ether oxygens (including phenoxy) is 3. The van der Waals surface area contributed by atoms with Gasteiger partial charge in [-0.3, -0.25) is 4.79 Å². The number of esters is 1. The van der Waals surface area contributed by atoms with Gasteiger partial charge in [-0.2, -0.15) is 0 Å². The molecule has 9 heteroatoms. The van der Waals surface area contributed by atoms with Gasteiger partial charge in [0.25, 0.3) is 5.91 Å². The first-order chi connectivity index (χ1) is 13.3. The van der Waals surface area contributed by atoms with E-state index in [1.54, 1.807) is 24.3 Å². The molecule has 2 rings (SSSR count). The van der Waals surface area contributed by atoms with Crippen LogP contribution in [0.5, 0.6) is 11.5 Å². The monoisotopic (exact) mass is 395 g/mol. The Balaban J connectivity index is 1.82. The minimum atomic E-state index is -4.80. The van der Waals surface area contributed by atoms with Crippen molar-refractivity contribution in [2.24, 2.45) is 0 Å². The van der Waals surface area contributed by atoms with Crippen LogP contribution in [0.15, 0.2) is 54.6 Å². The Morgan fingerprint density at radius 3 is 2.39 bits per heavy atom. The van der Waals surface area contributed by atoms with Gasteiger partial charge < -0.3 is 19.5 Å². The van der Waals surface area contributed by atoms with Gasteiger partial charge in [-0.25, -0.2) is 4.79 Å². The number of hydrogen-bond donors (Lipinski definition) is 1. The number of anilines is 1. The molecule has 0 spiro atoms. The molecule has 1 amide bonds. The molecule has 0 unspecified atom stereocenters. The van der Waals surface area contributed by atoms with Gasteiger partial charge in [-0.1, -0.05) is 18.2 Å². The third-order valence-electron chi connectivity index (χ3n) is 3.26. The molecule has 6 nitrogen and oxygen atoms in total. The normalized spacial score (nSPS) is 11.1. The lowest BCUT2D eigenvalue weighted by Gasteiger charge is -2.10. The fourth-order valence-corrected chi connectivity index (χ4v) is 2.08. The Morgan fingerprint density at radius 2 is 1.75 bits per heavy atom. The molecule has 0 bridgehead atoms. The van der Waals surface area contributed by atoms with Crippen LogP contribution >= 0.6 is 0 Å². The standard InChI is InChI=1S/C19H16F3NO5/c1-26-16-5-3-2-4-13(16)6-11-18(25)27-12-17(24)23-14-7-9-15(10-8-14)28-19(20,21)22/h2-11H,12H2,1H3,(H,23,24)/b11-6+. The number of nitrogens with one attached hydrogen (secondary N) is 1. The summed E-state index contributed by atoms with van der Waals surface area (Å²) in [6.07, 6.45) is -2.16. The van der Waals surface area contributed by atoms with E-state index < -0.39 is 30.6 Å². The van der Waals surface area contributed by atoms with E-state index in [1.165, 1.54) is 25.3 Å². The molecule has 0 atom stereocenters. The number of hydrogen-bond acceptors (Lipinski definition) is 5. The van der Waals surface area contributed by atoms with Crippen molar-refractivity contribution in [1.29, 1.82) is 0 Å². The third kappa shape index (κ3) is 7.02. The van der Waals surface area contributed by atoms with Crippen LogP contribution in [0, 0.1) is 0 Å². The zero-order chi connectivity index (χ0) is 20.6. The molecule has 0 fully saturated rings. The van der Waals surface area contributed by atoms with Gasteiger partial charge in [-0.15, -0.1) is 13.2 Å². The molecule has 148 valence electrons. The number of carbonyl (C=O) groups is 2. The maximum atomic E-state index is 12.1. The smallest absolute Gasteiger partial charge is 0.496 e. The van der Waals surface area contributed by atoms with E-state index in [-0.39, 0.29) is 5.69 Å². The SMILES string of the molecule is COc1ccccc1/C=C/C(=O)OCC(=O)Nc1ccc(OC(F)(F)F)cc1. The Kier molecular flexibility index (Phi) is 7.02. The van der Waals surface area contributed by atoms with Crippen LogP contribution in [0.1, 0.15) is 5.56 Å². The zero-order valence-electron chi connectivity index (χ0n) is 14.7. The van der Waals surface area contributed by atoms with Crippen LogP contribution in [0.4, 0.5) is 18.9 Å². The van der Waals surface area contributed by atoms with Crippen molar-refractivity contribution in [3.05, 3.63) is 60.2 Å². The number of benzene rings is 2. The Morgan fingerprint density at radius 1 is 1.07 bits per heavy atom. The number of alkyl halides is 3. The molecule has 0 saturated carbocycles. The number of methoxy groups -OCH3 is 1. The first-order valence-corrected chi connectivity index (χ1v) is 7.90. The number of para-hydroxylation sites is 1. The topological polar surface area (TPSA) is 73.9 Å². The average Bonchev–Trinajstić information content (AvgIpc) is 2.65. The highest BCUT2D eigenvalue weighted by Crippen LogP contribution is 2.24. The lowest BCUT2D eigenvalue weighted by molar-refractivity contribution is -0.274. The van der Waals surface area contributed by atoms with Gasteiger partial charge in [0.05, 0.1) is 7.11 Å². The minimum Gasteiger partial charge on any atom is -0.496 e. The molecule has 0 heterocycles. The molecule has 0 aliphatic heterocycles. The van der Waals surface area contributed by atoms with Crippen LogP contribution in [-0.2, 0) is 14.3 Å². The van der Waals surface area contributed by atoms with E-state index in [4.69, 9.17) is 9.47 Å². The van der Waals surface area contributed by atoms with E-state index in [1.807, 2.05) is 0 Å². The summed E-state index contributed by atoms with van der Waals surface area (Å²) in [6, 6.07) is 11.6. The average molecular weight is 395 g/mol. The minimum absolute atomic E-state index is 0.222. The van der Waals surface area contributed by atoms with Gasteiger partial charge in [0, 0.05) is 17.3 Å². The number of amides is 1. The lowest BCUT2D eigenvalue weighted by Crippen LogP contribution is -2.20. The summed E-state index contributed by atoms with van der Waals surface area (Å²) in [7, 11) is 1.50. The number of carbonyl (C=O) groups excluding carboxylic acids is 2. The van der Waals surface area contributed by atoms with Gasteiger partial charge in [0.1, 0.15) is 11.5 Å². The summed E-state index contributed by atoms with van der Waals surface area (Å²) in [4.78, 5) is 23.5. The van der Waals surface area contributed by atoms with Crippen molar-refractivity contribution in [3.8, 4) is 11.5 Å². The van der Waals surface area contributed by atoms with Crippen LogP contribution < -0.4 is 14.8 Å². The second kappa shape index (κ2) is 9.45. The fraction of sp³-hybridized carbons (Fsp3) is 0.158. The largest absolute Gasteiger partial charge is 0.573 e. The second-order valence-corrected chi connectivity index (χ2v) is 5.30. The van der Waals surface area contributed by atoms with Crippen molar-refractivity contribution in [3.63, 3.8) is 0 Å². The van der Waals surface area contributed by atoms with E-state index in [2.05, 4.69) is 10.1 Å². The van der Waals surface area contributed by atoms with Crippen molar-refractivity contribution < 1.29 is 37.0 Å². The zero-order valence-corrected chi connectivity index (χ0v) is 14.7. The summed E-state index contributed by atoms with van der Waals surface area (Å²) in [5.41, 5.74) is 0.882. The summed E-state index contributed by atoms with van der Waals surface area (Å²) in [5.74, 6) is -1.24. The first kappa shape index (κ1) is 20.8. The van der Waals surface area contributed by atoms with Crippen LogP contribution in [-0.4, -0.2) is 32.0 Å². The van der Waals surface area contributed by atoms with Crippen molar-refractivity contribution in [1.82, 2.24) is 0 Å². The van der Waals surface area contributed by atoms with E-state index in [9.17, 15) is 22.8 Å². The highest BCUT2D eigenvalue weighted by Gasteiger charge is 2.30. The molecule has 2 aromatic carbocycles. The quantitative estimate of drug-likeness (QED) is 0.570. The molecule has 0 saturated heterocycles. The molecule has 0 aliphatic carbocycles. The lowest BCUT2D eigenvalue weighted by atomic mass is 10.2. The van der Waals surface area contributed by atoms with E-state index in [0.717, 1.165) is 18.2 Å². The van der Waals surface area contributed by atoms with Crippen molar-refractivity contribution in [2.75, 3.05) is 19.0 Å². The van der Waals surface area contributed by atoms with Crippen LogP contribution in [0.2, 0.25) is 0 Å². The molecular weight excluding hydrogens is 379 g/mol. The van der Waals surface area contributed by atoms with Gasteiger partial charge in [0.2, 0.25) is 0 Å². The maximum absolute atomic E-state index is 12.1. The summed E-state index contributed by atoms with van der Waals surface area (Å²) in [6.45, 7) is -0.560. The predicted octanol–water partition coefficient (Wildman–Crippen LogP) is 3.79. The molecule has 28 heavy (non-hydrogen) atoms. The van der Waals surface area contributed by atoms with Gasteiger partial charge >= 0.3 is 12.3 Å². The molecule has 0 radical (unpaired) electrons. The highest BCUT2D eigenvalue weighted by atomic mass is 19.4. The molecular formula is C19H16F3NO5. The van der Waals surface area contributed by atoms with Crippen molar-refractivity contribution in [2.45, 2.75) is 6.36 Å². The fourth-order valence-electron chi connectivity index (χ4n) is 2.08. The summed E-state index contributed by atoms with van der Waals surface area (Å²) < 4.78 is 49.9.